The van der Waals surface area contributed by atoms with Gasteiger partial charge in [-0.05, 0) is 19.1 Å². The lowest BCUT2D eigenvalue weighted by Gasteiger charge is -2.06. The summed E-state index contributed by atoms with van der Waals surface area (Å²) in [5.74, 6) is -0.243. The Labute approximate surface area is 86.1 Å². The number of hydrogen-bond donors (Lipinski definition) is 2. The predicted octanol–water partition coefficient (Wildman–Crippen LogP) is 1.46. The minimum atomic E-state index is -0.545. The number of anilines is 1. The number of nitrogens with one attached hydrogen (secondary N) is 2. The van der Waals surface area contributed by atoms with Gasteiger partial charge in [0.05, 0.1) is 5.56 Å². The van der Waals surface area contributed by atoms with Crippen LogP contribution >= 0.6 is 0 Å². The van der Waals surface area contributed by atoms with E-state index in [0.717, 1.165) is 17.8 Å². The van der Waals surface area contributed by atoms with Gasteiger partial charge in [0, 0.05) is 12.2 Å². The summed E-state index contributed by atoms with van der Waals surface area (Å²) in [6.07, 6.45) is 0. The van der Waals surface area contributed by atoms with Gasteiger partial charge in [-0.3, -0.25) is 0 Å². The Hall–Kier alpha value is -2.04. The fourth-order valence-corrected chi connectivity index (χ4v) is 1.36. The maximum Gasteiger partial charge on any atom is 0.434 e. The summed E-state index contributed by atoms with van der Waals surface area (Å²) >= 11 is 0. The van der Waals surface area contributed by atoms with Crippen LogP contribution < -0.4 is 11.1 Å². The largest absolute Gasteiger partial charge is 0.434 e. The SMILES string of the molecule is CCNc1ccccc1-c1n[nH]c(=O)o1. The summed E-state index contributed by atoms with van der Waals surface area (Å²) in [5, 5.41) is 9.19. The van der Waals surface area contributed by atoms with E-state index in [4.69, 9.17) is 4.42 Å². The van der Waals surface area contributed by atoms with E-state index in [1.807, 2.05) is 31.2 Å². The standard InChI is InChI=1S/C10H11N3O2/c1-2-11-8-6-4-3-5-7(8)9-12-13-10(14)15-9/h3-6,11H,2H2,1H3,(H,13,14). The summed E-state index contributed by atoms with van der Waals surface area (Å²) in [5.41, 5.74) is 1.67. The third-order valence-electron chi connectivity index (χ3n) is 1.96. The van der Waals surface area contributed by atoms with Crippen LogP contribution in [0.25, 0.3) is 11.5 Å². The molecule has 0 fully saturated rings. The van der Waals surface area contributed by atoms with E-state index in [2.05, 4.69) is 15.5 Å². The van der Waals surface area contributed by atoms with Crippen LogP contribution in [-0.4, -0.2) is 16.7 Å². The minimum Gasteiger partial charge on any atom is -0.388 e. The summed E-state index contributed by atoms with van der Waals surface area (Å²) in [6.45, 7) is 2.79. The first-order chi connectivity index (χ1) is 7.31. The molecular formula is C10H11N3O2. The van der Waals surface area contributed by atoms with Gasteiger partial charge in [0.2, 0.25) is 0 Å². The van der Waals surface area contributed by atoms with Crippen LogP contribution in [0.15, 0.2) is 33.5 Å². The molecule has 0 saturated heterocycles. The van der Waals surface area contributed by atoms with Crippen LogP contribution in [0.5, 0.6) is 0 Å². The molecule has 0 spiro atoms. The first kappa shape index (κ1) is 9.51. The molecule has 0 bridgehead atoms. The van der Waals surface area contributed by atoms with E-state index in [0.29, 0.717) is 5.89 Å². The Morgan fingerprint density at radius 1 is 1.47 bits per heavy atom. The van der Waals surface area contributed by atoms with Crippen molar-refractivity contribution < 1.29 is 4.42 Å². The third-order valence-corrected chi connectivity index (χ3v) is 1.96. The second kappa shape index (κ2) is 4.00. The first-order valence-corrected chi connectivity index (χ1v) is 4.70. The fraction of sp³-hybridized carbons (Fsp3) is 0.200. The number of nitrogens with zero attached hydrogens (tertiary/aromatic N) is 1. The Morgan fingerprint density at radius 2 is 2.27 bits per heavy atom. The second-order valence-corrected chi connectivity index (χ2v) is 2.99. The molecule has 15 heavy (non-hydrogen) atoms. The van der Waals surface area contributed by atoms with Crippen molar-refractivity contribution in [2.45, 2.75) is 6.92 Å². The fourth-order valence-electron chi connectivity index (χ4n) is 1.36. The first-order valence-electron chi connectivity index (χ1n) is 4.70. The molecule has 5 nitrogen and oxygen atoms in total. The van der Waals surface area contributed by atoms with E-state index >= 15 is 0 Å². The van der Waals surface area contributed by atoms with Gasteiger partial charge in [0.25, 0.3) is 5.89 Å². The highest BCUT2D eigenvalue weighted by Crippen LogP contribution is 2.24. The van der Waals surface area contributed by atoms with Gasteiger partial charge in [-0.25, -0.2) is 9.89 Å². The highest BCUT2D eigenvalue weighted by atomic mass is 16.4. The van der Waals surface area contributed by atoms with Gasteiger partial charge in [-0.1, -0.05) is 12.1 Å². The zero-order valence-corrected chi connectivity index (χ0v) is 8.28. The maximum atomic E-state index is 10.8. The summed E-state index contributed by atoms with van der Waals surface area (Å²) < 4.78 is 4.89. The molecule has 0 radical (unpaired) electrons. The van der Waals surface area contributed by atoms with E-state index < -0.39 is 5.76 Å². The topological polar surface area (TPSA) is 70.9 Å². The monoisotopic (exact) mass is 205 g/mol. The summed E-state index contributed by atoms with van der Waals surface area (Å²) in [4.78, 5) is 10.8. The molecule has 0 atom stereocenters. The van der Waals surface area contributed by atoms with Crippen LogP contribution in [0.4, 0.5) is 5.69 Å². The molecule has 2 rings (SSSR count). The van der Waals surface area contributed by atoms with Crippen molar-refractivity contribution in [3.63, 3.8) is 0 Å². The van der Waals surface area contributed by atoms with Gasteiger partial charge in [-0.15, -0.1) is 5.10 Å². The highest BCUT2D eigenvalue weighted by molar-refractivity contribution is 5.71. The van der Waals surface area contributed by atoms with E-state index in [-0.39, 0.29) is 0 Å². The number of benzene rings is 1. The molecule has 0 aliphatic carbocycles. The number of aromatic amines is 1. The van der Waals surface area contributed by atoms with Crippen molar-refractivity contribution in [1.82, 2.24) is 10.2 Å². The lowest BCUT2D eigenvalue weighted by atomic mass is 10.2. The number of rotatable bonds is 3. The molecule has 5 heteroatoms. The van der Waals surface area contributed by atoms with Crippen molar-refractivity contribution >= 4 is 5.69 Å². The number of hydrogen-bond acceptors (Lipinski definition) is 4. The molecule has 0 aliphatic heterocycles. The number of aromatic nitrogens is 2. The van der Waals surface area contributed by atoms with E-state index in [1.165, 1.54) is 0 Å². The predicted molar refractivity (Wildman–Crippen MR) is 56.7 cm³/mol. The van der Waals surface area contributed by atoms with Gasteiger partial charge in [-0.2, -0.15) is 0 Å². The van der Waals surface area contributed by atoms with E-state index in [9.17, 15) is 4.79 Å². The van der Waals surface area contributed by atoms with Gasteiger partial charge in [0.1, 0.15) is 0 Å². The van der Waals surface area contributed by atoms with Crippen molar-refractivity contribution in [2.75, 3.05) is 11.9 Å². The molecule has 1 heterocycles. The van der Waals surface area contributed by atoms with Crippen molar-refractivity contribution in [1.29, 1.82) is 0 Å². The maximum absolute atomic E-state index is 10.8. The van der Waals surface area contributed by atoms with Crippen LogP contribution in [0.2, 0.25) is 0 Å². The molecule has 2 aromatic rings. The zero-order chi connectivity index (χ0) is 10.7. The normalized spacial score (nSPS) is 10.2. The van der Waals surface area contributed by atoms with Crippen LogP contribution in [0, 0.1) is 0 Å². The minimum absolute atomic E-state index is 0.302. The summed E-state index contributed by atoms with van der Waals surface area (Å²) in [7, 11) is 0. The smallest absolute Gasteiger partial charge is 0.388 e. The van der Waals surface area contributed by atoms with E-state index in [1.54, 1.807) is 0 Å². The molecule has 2 N–H and O–H groups in total. The quantitative estimate of drug-likeness (QED) is 0.795. The Bertz CT molecular complexity index is 501. The highest BCUT2D eigenvalue weighted by Gasteiger charge is 2.09. The Kier molecular flexibility index (Phi) is 2.53. The Morgan fingerprint density at radius 3 is 2.93 bits per heavy atom. The lowest BCUT2D eigenvalue weighted by Crippen LogP contribution is -1.98. The van der Waals surface area contributed by atoms with Gasteiger partial charge in [0.15, 0.2) is 0 Å². The Balaban J connectivity index is 2.47. The molecule has 0 aliphatic rings. The van der Waals surface area contributed by atoms with Gasteiger partial charge < -0.3 is 9.73 Å². The molecule has 78 valence electrons. The molecule has 1 aromatic carbocycles. The number of para-hydroxylation sites is 1. The molecule has 0 unspecified atom stereocenters. The molecule has 1 aromatic heterocycles. The number of H-pyrrole nitrogens is 1. The zero-order valence-electron chi connectivity index (χ0n) is 8.28. The average molecular weight is 205 g/mol. The average Bonchev–Trinajstić information content (AvgIpc) is 2.66. The van der Waals surface area contributed by atoms with Crippen LogP contribution in [0.1, 0.15) is 6.92 Å². The van der Waals surface area contributed by atoms with Crippen molar-refractivity contribution in [3.05, 3.63) is 34.8 Å². The molecule has 0 amide bonds. The molecule has 0 saturated carbocycles. The van der Waals surface area contributed by atoms with Crippen molar-refractivity contribution in [3.8, 4) is 11.5 Å². The lowest BCUT2D eigenvalue weighted by molar-refractivity contribution is 0.527. The third kappa shape index (κ3) is 1.90. The van der Waals surface area contributed by atoms with Crippen molar-refractivity contribution in [2.24, 2.45) is 0 Å². The van der Waals surface area contributed by atoms with Crippen LogP contribution in [-0.2, 0) is 0 Å². The summed E-state index contributed by atoms with van der Waals surface area (Å²) in [6, 6.07) is 7.53. The van der Waals surface area contributed by atoms with Gasteiger partial charge >= 0.3 is 5.76 Å². The molecular weight excluding hydrogens is 194 g/mol. The second-order valence-electron chi connectivity index (χ2n) is 2.99. The van der Waals surface area contributed by atoms with Crippen LogP contribution in [0.3, 0.4) is 0 Å².